The second-order valence-electron chi connectivity index (χ2n) is 5.62. The number of amides is 1. The van der Waals surface area contributed by atoms with Gasteiger partial charge in [-0.1, -0.05) is 12.1 Å². The Kier molecular flexibility index (Phi) is 4.80. The summed E-state index contributed by atoms with van der Waals surface area (Å²) in [5, 5.41) is 2.84. The summed E-state index contributed by atoms with van der Waals surface area (Å²) < 4.78 is 12.8. The monoisotopic (exact) mass is 314 g/mol. The van der Waals surface area contributed by atoms with Crippen molar-refractivity contribution in [2.75, 3.05) is 18.0 Å². The molecule has 1 aromatic carbocycles. The second kappa shape index (κ2) is 7.17. The van der Waals surface area contributed by atoms with Crippen molar-refractivity contribution in [1.29, 1.82) is 0 Å². The molecule has 1 saturated heterocycles. The zero-order chi connectivity index (χ0) is 16.1. The molecule has 23 heavy (non-hydrogen) atoms. The van der Waals surface area contributed by atoms with Crippen molar-refractivity contribution in [2.45, 2.75) is 25.8 Å². The Labute approximate surface area is 134 Å². The molecule has 2 heterocycles. The number of benzene rings is 1. The number of carbonyl (C=O) groups is 1. The molecule has 0 aliphatic carbocycles. The van der Waals surface area contributed by atoms with Gasteiger partial charge in [0.2, 0.25) is 11.9 Å². The lowest BCUT2D eigenvalue weighted by atomic mass is 10.1. The van der Waals surface area contributed by atoms with E-state index >= 15 is 0 Å². The molecular weight excluding hydrogens is 295 g/mol. The Morgan fingerprint density at radius 2 is 1.91 bits per heavy atom. The maximum Gasteiger partial charge on any atom is 0.225 e. The summed E-state index contributed by atoms with van der Waals surface area (Å²) in [4.78, 5) is 22.9. The van der Waals surface area contributed by atoms with E-state index in [1.807, 2.05) is 0 Å². The standard InChI is InChI=1S/C17H19FN4O/c18-14-5-3-13(4-6-14)11-16(23)20-12-15-7-8-19-17(21-15)22-9-1-2-10-22/h3-8H,1-2,9-12H2,(H,20,23). The molecule has 1 amide bonds. The van der Waals surface area contributed by atoms with E-state index in [1.165, 1.54) is 25.0 Å². The van der Waals surface area contributed by atoms with Gasteiger partial charge in [0.1, 0.15) is 5.82 Å². The molecule has 1 fully saturated rings. The highest BCUT2D eigenvalue weighted by Crippen LogP contribution is 2.15. The summed E-state index contributed by atoms with van der Waals surface area (Å²) in [6.07, 6.45) is 4.29. The third-order valence-corrected chi connectivity index (χ3v) is 3.83. The van der Waals surface area contributed by atoms with E-state index in [0.717, 1.165) is 30.3 Å². The van der Waals surface area contributed by atoms with Gasteiger partial charge in [-0.25, -0.2) is 14.4 Å². The minimum absolute atomic E-state index is 0.113. The van der Waals surface area contributed by atoms with Crippen LogP contribution in [0.4, 0.5) is 10.3 Å². The Morgan fingerprint density at radius 1 is 1.17 bits per heavy atom. The second-order valence-corrected chi connectivity index (χ2v) is 5.62. The van der Waals surface area contributed by atoms with E-state index in [4.69, 9.17) is 0 Å². The van der Waals surface area contributed by atoms with Crippen LogP contribution in [0.1, 0.15) is 24.1 Å². The third-order valence-electron chi connectivity index (χ3n) is 3.83. The highest BCUT2D eigenvalue weighted by molar-refractivity contribution is 5.78. The number of nitrogens with one attached hydrogen (secondary N) is 1. The lowest BCUT2D eigenvalue weighted by molar-refractivity contribution is -0.120. The van der Waals surface area contributed by atoms with Crippen molar-refractivity contribution >= 4 is 11.9 Å². The van der Waals surface area contributed by atoms with Crippen molar-refractivity contribution in [1.82, 2.24) is 15.3 Å². The van der Waals surface area contributed by atoms with Gasteiger partial charge >= 0.3 is 0 Å². The maximum atomic E-state index is 12.8. The van der Waals surface area contributed by atoms with E-state index < -0.39 is 0 Å². The number of carbonyl (C=O) groups excluding carboxylic acids is 1. The molecule has 0 saturated carbocycles. The Balaban J connectivity index is 1.54. The summed E-state index contributed by atoms with van der Waals surface area (Å²) in [5.41, 5.74) is 1.57. The Hall–Kier alpha value is -2.50. The van der Waals surface area contributed by atoms with E-state index in [-0.39, 0.29) is 18.1 Å². The van der Waals surface area contributed by atoms with Gasteiger partial charge in [0.25, 0.3) is 0 Å². The van der Waals surface area contributed by atoms with Gasteiger partial charge in [0, 0.05) is 19.3 Å². The van der Waals surface area contributed by atoms with Crippen LogP contribution in [-0.4, -0.2) is 29.0 Å². The molecule has 0 atom stereocenters. The number of rotatable bonds is 5. The fourth-order valence-electron chi connectivity index (χ4n) is 2.59. The summed E-state index contributed by atoms with van der Waals surface area (Å²) in [5.74, 6) is 0.315. The van der Waals surface area contributed by atoms with Crippen LogP contribution in [0, 0.1) is 5.82 Å². The van der Waals surface area contributed by atoms with Gasteiger partial charge in [-0.2, -0.15) is 0 Å². The first kappa shape index (κ1) is 15.4. The minimum Gasteiger partial charge on any atom is -0.350 e. The first-order valence-corrected chi connectivity index (χ1v) is 7.79. The summed E-state index contributed by atoms with van der Waals surface area (Å²) in [6, 6.07) is 7.75. The van der Waals surface area contributed by atoms with Crippen molar-refractivity contribution in [3.8, 4) is 0 Å². The molecule has 2 aromatic rings. The molecule has 0 bridgehead atoms. The zero-order valence-corrected chi connectivity index (χ0v) is 12.8. The average Bonchev–Trinajstić information content (AvgIpc) is 3.10. The minimum atomic E-state index is -0.301. The Bertz CT molecular complexity index is 669. The lowest BCUT2D eigenvalue weighted by Gasteiger charge is -2.15. The van der Waals surface area contributed by atoms with Crippen LogP contribution in [-0.2, 0) is 17.8 Å². The van der Waals surface area contributed by atoms with Crippen molar-refractivity contribution in [3.05, 3.63) is 53.6 Å². The number of hydrogen-bond acceptors (Lipinski definition) is 4. The normalized spacial score (nSPS) is 14.0. The number of halogens is 1. The van der Waals surface area contributed by atoms with E-state index in [9.17, 15) is 9.18 Å². The van der Waals surface area contributed by atoms with Crippen molar-refractivity contribution in [2.24, 2.45) is 0 Å². The molecule has 6 heteroatoms. The number of nitrogens with zero attached hydrogens (tertiary/aromatic N) is 3. The SMILES string of the molecule is O=C(Cc1ccc(F)cc1)NCc1ccnc(N2CCCC2)n1. The van der Waals surface area contributed by atoms with Gasteiger partial charge < -0.3 is 10.2 Å². The highest BCUT2D eigenvalue weighted by Gasteiger charge is 2.15. The quantitative estimate of drug-likeness (QED) is 0.918. The topological polar surface area (TPSA) is 58.1 Å². The van der Waals surface area contributed by atoms with E-state index in [2.05, 4.69) is 20.2 Å². The van der Waals surface area contributed by atoms with Crippen molar-refractivity contribution in [3.63, 3.8) is 0 Å². The van der Waals surface area contributed by atoms with Crippen LogP contribution in [0.2, 0.25) is 0 Å². The first-order valence-electron chi connectivity index (χ1n) is 7.79. The van der Waals surface area contributed by atoms with Crippen LogP contribution in [0.5, 0.6) is 0 Å². The average molecular weight is 314 g/mol. The molecule has 1 N–H and O–H groups in total. The predicted molar refractivity (Wildman–Crippen MR) is 85.4 cm³/mol. The molecule has 1 aromatic heterocycles. The molecule has 1 aliphatic rings. The third kappa shape index (κ3) is 4.25. The van der Waals surface area contributed by atoms with Gasteiger partial charge in [-0.15, -0.1) is 0 Å². The summed E-state index contributed by atoms with van der Waals surface area (Å²) in [7, 11) is 0. The fraction of sp³-hybridized carbons (Fsp3) is 0.353. The van der Waals surface area contributed by atoms with Gasteiger partial charge in [-0.3, -0.25) is 4.79 Å². The van der Waals surface area contributed by atoms with Gasteiger partial charge in [-0.05, 0) is 36.6 Å². The highest BCUT2D eigenvalue weighted by atomic mass is 19.1. The van der Waals surface area contributed by atoms with Crippen LogP contribution < -0.4 is 10.2 Å². The fourth-order valence-corrected chi connectivity index (χ4v) is 2.59. The van der Waals surface area contributed by atoms with Crippen LogP contribution in [0.3, 0.4) is 0 Å². The molecule has 0 radical (unpaired) electrons. The summed E-state index contributed by atoms with van der Waals surface area (Å²) >= 11 is 0. The molecule has 0 unspecified atom stereocenters. The summed E-state index contributed by atoms with van der Waals surface area (Å²) in [6.45, 7) is 2.34. The lowest BCUT2D eigenvalue weighted by Crippen LogP contribution is -2.26. The zero-order valence-electron chi connectivity index (χ0n) is 12.8. The van der Waals surface area contributed by atoms with E-state index in [0.29, 0.717) is 6.54 Å². The Morgan fingerprint density at radius 3 is 2.65 bits per heavy atom. The molecule has 3 rings (SSSR count). The predicted octanol–water partition coefficient (Wildman–Crippen LogP) is 2.07. The molecule has 0 spiro atoms. The maximum absolute atomic E-state index is 12.8. The van der Waals surface area contributed by atoms with Gasteiger partial charge in [0.15, 0.2) is 0 Å². The molecule has 120 valence electrons. The van der Waals surface area contributed by atoms with Gasteiger partial charge in [0.05, 0.1) is 18.7 Å². The molecule has 1 aliphatic heterocycles. The first-order chi connectivity index (χ1) is 11.2. The van der Waals surface area contributed by atoms with E-state index in [1.54, 1.807) is 24.4 Å². The van der Waals surface area contributed by atoms with Crippen LogP contribution in [0.25, 0.3) is 0 Å². The molecule has 5 nitrogen and oxygen atoms in total. The van der Waals surface area contributed by atoms with Crippen molar-refractivity contribution < 1.29 is 9.18 Å². The van der Waals surface area contributed by atoms with Crippen LogP contribution in [0.15, 0.2) is 36.5 Å². The largest absolute Gasteiger partial charge is 0.350 e. The number of anilines is 1. The number of hydrogen-bond donors (Lipinski definition) is 1. The molecular formula is C17H19FN4O. The van der Waals surface area contributed by atoms with Crippen LogP contribution >= 0.6 is 0 Å². The smallest absolute Gasteiger partial charge is 0.225 e. The number of aromatic nitrogens is 2.